The highest BCUT2D eigenvalue weighted by Crippen LogP contribution is 2.38. The van der Waals surface area contributed by atoms with Crippen LogP contribution in [0.25, 0.3) is 11.4 Å². The summed E-state index contributed by atoms with van der Waals surface area (Å²) in [6.07, 6.45) is 0. The van der Waals surface area contributed by atoms with Crippen molar-refractivity contribution >= 4 is 11.6 Å². The molecule has 0 saturated heterocycles. The molecule has 5 nitrogen and oxygen atoms in total. The van der Waals surface area contributed by atoms with Gasteiger partial charge in [-0.15, -0.1) is 0 Å². The second-order valence-corrected chi connectivity index (χ2v) is 4.31. The average molecular weight is 268 g/mol. The highest BCUT2D eigenvalue weighted by Gasteiger charge is 2.18. The summed E-state index contributed by atoms with van der Waals surface area (Å²) in [5, 5.41) is 4.43. The molecular weight excluding hydrogens is 254 g/mol. The summed E-state index contributed by atoms with van der Waals surface area (Å²) in [6, 6.07) is 1.92. The lowest BCUT2D eigenvalue weighted by atomic mass is 10.0. The van der Waals surface area contributed by atoms with Gasteiger partial charge in [-0.25, -0.2) is 0 Å². The first-order valence-electron chi connectivity index (χ1n) is 5.45. The molecule has 1 aromatic carbocycles. The fourth-order valence-corrected chi connectivity index (χ4v) is 1.99. The Balaban J connectivity index is 2.63. The van der Waals surface area contributed by atoms with Gasteiger partial charge in [0.2, 0.25) is 11.7 Å². The zero-order valence-corrected chi connectivity index (χ0v) is 11.2. The van der Waals surface area contributed by atoms with Crippen LogP contribution < -0.4 is 10.5 Å². The third kappa shape index (κ3) is 2.07. The van der Waals surface area contributed by atoms with E-state index in [1.54, 1.807) is 7.11 Å². The van der Waals surface area contributed by atoms with Crippen molar-refractivity contribution in [2.45, 2.75) is 20.4 Å². The molecule has 0 aliphatic rings. The third-order valence-electron chi connectivity index (χ3n) is 2.81. The van der Waals surface area contributed by atoms with Crippen molar-refractivity contribution < 1.29 is 9.26 Å². The van der Waals surface area contributed by atoms with Gasteiger partial charge in [-0.05, 0) is 31.0 Å². The molecular formula is C12H14ClN3O2. The molecule has 0 fully saturated rings. The molecule has 0 aliphatic carbocycles. The molecule has 96 valence electrons. The summed E-state index contributed by atoms with van der Waals surface area (Å²) in [5.41, 5.74) is 8.15. The molecule has 18 heavy (non-hydrogen) atoms. The first kappa shape index (κ1) is 12.9. The van der Waals surface area contributed by atoms with Crippen molar-refractivity contribution in [1.82, 2.24) is 10.1 Å². The van der Waals surface area contributed by atoms with E-state index in [2.05, 4.69) is 10.1 Å². The monoisotopic (exact) mass is 267 g/mol. The number of benzene rings is 1. The van der Waals surface area contributed by atoms with Crippen molar-refractivity contribution in [3.63, 3.8) is 0 Å². The van der Waals surface area contributed by atoms with E-state index in [9.17, 15) is 0 Å². The zero-order chi connectivity index (χ0) is 13.3. The standard InChI is InChI=1S/C12H14ClN3O2/c1-6-4-8(11(17-3)10(13)7(6)2)12-15-9(5-14)18-16-12/h4H,5,14H2,1-3H3. The van der Waals surface area contributed by atoms with E-state index >= 15 is 0 Å². The van der Waals surface area contributed by atoms with Crippen molar-refractivity contribution in [2.75, 3.05) is 7.11 Å². The molecule has 0 radical (unpaired) electrons. The number of aromatic nitrogens is 2. The quantitative estimate of drug-likeness (QED) is 0.925. The fraction of sp³-hybridized carbons (Fsp3) is 0.333. The summed E-state index contributed by atoms with van der Waals surface area (Å²) >= 11 is 6.26. The maximum absolute atomic E-state index is 6.26. The van der Waals surface area contributed by atoms with Crippen LogP contribution in [-0.4, -0.2) is 17.3 Å². The molecule has 6 heteroatoms. The van der Waals surface area contributed by atoms with Gasteiger partial charge < -0.3 is 15.0 Å². The van der Waals surface area contributed by atoms with Crippen LogP contribution in [0.3, 0.4) is 0 Å². The lowest BCUT2D eigenvalue weighted by molar-refractivity contribution is 0.380. The van der Waals surface area contributed by atoms with E-state index in [1.165, 1.54) is 0 Å². The molecule has 2 aromatic rings. The molecule has 0 saturated carbocycles. The Kier molecular flexibility index (Phi) is 3.54. The van der Waals surface area contributed by atoms with Crippen LogP contribution in [0, 0.1) is 13.8 Å². The minimum absolute atomic E-state index is 0.202. The molecule has 2 N–H and O–H groups in total. The Labute approximate surface area is 110 Å². The maximum Gasteiger partial charge on any atom is 0.240 e. The highest BCUT2D eigenvalue weighted by atomic mass is 35.5. The van der Waals surface area contributed by atoms with Gasteiger partial charge in [0.05, 0.1) is 24.2 Å². The molecule has 1 heterocycles. The Morgan fingerprint density at radius 2 is 2.17 bits per heavy atom. The van der Waals surface area contributed by atoms with Crippen molar-refractivity contribution in [2.24, 2.45) is 5.73 Å². The largest absolute Gasteiger partial charge is 0.494 e. The van der Waals surface area contributed by atoms with Crippen LogP contribution in [0.1, 0.15) is 17.0 Å². The molecule has 0 amide bonds. The van der Waals surface area contributed by atoms with E-state index in [0.29, 0.717) is 28.1 Å². The van der Waals surface area contributed by atoms with Gasteiger partial charge in [-0.2, -0.15) is 4.98 Å². The Morgan fingerprint density at radius 3 is 2.72 bits per heavy atom. The molecule has 0 aliphatic heterocycles. The van der Waals surface area contributed by atoms with Crippen molar-refractivity contribution in [1.29, 1.82) is 0 Å². The summed E-state index contributed by atoms with van der Waals surface area (Å²) in [7, 11) is 1.56. The topological polar surface area (TPSA) is 74.2 Å². The summed E-state index contributed by atoms with van der Waals surface area (Å²) in [6.45, 7) is 4.10. The Bertz CT molecular complexity index is 581. The molecule has 1 aromatic heterocycles. The Hall–Kier alpha value is -1.59. The molecule has 0 bridgehead atoms. The van der Waals surface area contributed by atoms with Crippen LogP contribution >= 0.6 is 11.6 Å². The van der Waals surface area contributed by atoms with Gasteiger partial charge >= 0.3 is 0 Å². The number of ether oxygens (including phenoxy) is 1. The van der Waals surface area contributed by atoms with Gasteiger partial charge in [0, 0.05) is 0 Å². The highest BCUT2D eigenvalue weighted by molar-refractivity contribution is 6.33. The number of hydrogen-bond donors (Lipinski definition) is 1. The summed E-state index contributed by atoms with van der Waals surface area (Å²) in [5.74, 6) is 1.35. The van der Waals surface area contributed by atoms with E-state index in [-0.39, 0.29) is 6.54 Å². The first-order chi connectivity index (χ1) is 8.58. The number of nitrogens with zero attached hydrogens (tertiary/aromatic N) is 2. The minimum atomic E-state index is 0.202. The predicted octanol–water partition coefficient (Wildman–Crippen LogP) is 2.47. The summed E-state index contributed by atoms with van der Waals surface area (Å²) in [4.78, 5) is 4.18. The van der Waals surface area contributed by atoms with Crippen LogP contribution in [0.15, 0.2) is 10.6 Å². The van der Waals surface area contributed by atoms with Crippen molar-refractivity contribution in [3.8, 4) is 17.1 Å². The lowest BCUT2D eigenvalue weighted by Crippen LogP contribution is -1.97. The molecule has 0 unspecified atom stereocenters. The van der Waals surface area contributed by atoms with Gasteiger partial charge in [-0.1, -0.05) is 16.8 Å². The minimum Gasteiger partial charge on any atom is -0.494 e. The lowest BCUT2D eigenvalue weighted by Gasteiger charge is -2.12. The average Bonchev–Trinajstić information content (AvgIpc) is 2.84. The molecule has 0 atom stereocenters. The second kappa shape index (κ2) is 4.96. The third-order valence-corrected chi connectivity index (χ3v) is 3.27. The first-order valence-corrected chi connectivity index (χ1v) is 5.83. The van der Waals surface area contributed by atoms with Gasteiger partial charge in [-0.3, -0.25) is 0 Å². The number of nitrogens with two attached hydrogens (primary N) is 1. The van der Waals surface area contributed by atoms with Gasteiger partial charge in [0.15, 0.2) is 0 Å². The molecule has 2 rings (SSSR count). The number of hydrogen-bond acceptors (Lipinski definition) is 5. The molecule has 0 spiro atoms. The van der Waals surface area contributed by atoms with E-state index in [1.807, 2.05) is 19.9 Å². The smallest absolute Gasteiger partial charge is 0.240 e. The van der Waals surface area contributed by atoms with Crippen LogP contribution in [0.2, 0.25) is 5.02 Å². The second-order valence-electron chi connectivity index (χ2n) is 3.93. The zero-order valence-electron chi connectivity index (χ0n) is 10.5. The number of rotatable bonds is 3. The van der Waals surface area contributed by atoms with Crippen LogP contribution in [0.5, 0.6) is 5.75 Å². The van der Waals surface area contributed by atoms with Crippen LogP contribution in [0.4, 0.5) is 0 Å². The van der Waals surface area contributed by atoms with Gasteiger partial charge in [0.25, 0.3) is 0 Å². The summed E-state index contributed by atoms with van der Waals surface area (Å²) < 4.78 is 10.3. The number of methoxy groups -OCH3 is 1. The van der Waals surface area contributed by atoms with Crippen LogP contribution in [-0.2, 0) is 6.54 Å². The SMILES string of the molecule is COc1c(-c2noc(CN)n2)cc(C)c(C)c1Cl. The van der Waals surface area contributed by atoms with E-state index in [4.69, 9.17) is 26.6 Å². The Morgan fingerprint density at radius 1 is 1.44 bits per heavy atom. The predicted molar refractivity (Wildman–Crippen MR) is 68.7 cm³/mol. The van der Waals surface area contributed by atoms with E-state index < -0.39 is 0 Å². The number of aryl methyl sites for hydroxylation is 1. The normalized spacial score (nSPS) is 10.7. The van der Waals surface area contributed by atoms with E-state index in [0.717, 1.165) is 11.1 Å². The fourth-order valence-electron chi connectivity index (χ4n) is 1.66. The maximum atomic E-state index is 6.26. The van der Waals surface area contributed by atoms with Crippen molar-refractivity contribution in [3.05, 3.63) is 28.1 Å². The number of halogens is 1. The van der Waals surface area contributed by atoms with Gasteiger partial charge in [0.1, 0.15) is 5.75 Å².